The fourth-order valence-electron chi connectivity index (χ4n) is 2.69. The van der Waals surface area contributed by atoms with Crippen molar-refractivity contribution in [1.29, 1.82) is 0 Å². The molecular formula is C16H25BrN2S. The predicted octanol–water partition coefficient (Wildman–Crippen LogP) is 4.45. The summed E-state index contributed by atoms with van der Waals surface area (Å²) in [5.74, 6) is 2.46. The van der Waals surface area contributed by atoms with Crippen molar-refractivity contribution in [1.82, 2.24) is 5.32 Å². The van der Waals surface area contributed by atoms with Crippen LogP contribution in [0.2, 0.25) is 0 Å². The molecule has 1 saturated heterocycles. The van der Waals surface area contributed by atoms with Crippen molar-refractivity contribution in [2.24, 2.45) is 0 Å². The summed E-state index contributed by atoms with van der Waals surface area (Å²) < 4.78 is 1.17. The quantitative estimate of drug-likeness (QED) is 0.838. The zero-order chi connectivity index (χ0) is 14.5. The van der Waals surface area contributed by atoms with Crippen LogP contribution in [0, 0.1) is 0 Å². The number of nitrogens with one attached hydrogen (secondary N) is 1. The molecule has 0 aromatic heterocycles. The van der Waals surface area contributed by atoms with E-state index in [1.54, 1.807) is 0 Å². The highest BCUT2D eigenvalue weighted by Gasteiger charge is 2.22. The molecule has 0 amide bonds. The van der Waals surface area contributed by atoms with Crippen LogP contribution in [0.15, 0.2) is 22.7 Å². The van der Waals surface area contributed by atoms with Gasteiger partial charge in [0.15, 0.2) is 0 Å². The highest BCUT2D eigenvalue weighted by atomic mass is 79.9. The summed E-state index contributed by atoms with van der Waals surface area (Å²) in [7, 11) is 0. The van der Waals surface area contributed by atoms with Crippen LogP contribution >= 0.6 is 27.7 Å². The maximum absolute atomic E-state index is 3.62. The fraction of sp³-hybridized carbons (Fsp3) is 0.625. The number of hydrogen-bond acceptors (Lipinski definition) is 3. The molecule has 0 bridgehead atoms. The average molecular weight is 357 g/mol. The summed E-state index contributed by atoms with van der Waals surface area (Å²) >= 11 is 5.69. The minimum Gasteiger partial charge on any atom is -0.367 e. The van der Waals surface area contributed by atoms with Crippen molar-refractivity contribution >= 4 is 33.4 Å². The lowest BCUT2D eigenvalue weighted by molar-refractivity contribution is 0.566. The Bertz CT molecular complexity index is 438. The Balaban J connectivity index is 2.27. The molecule has 112 valence electrons. The average Bonchev–Trinajstić information content (AvgIpc) is 2.45. The van der Waals surface area contributed by atoms with E-state index < -0.39 is 0 Å². The summed E-state index contributed by atoms with van der Waals surface area (Å²) in [6.45, 7) is 9.04. The van der Waals surface area contributed by atoms with Crippen LogP contribution in [0.25, 0.3) is 0 Å². The molecular weight excluding hydrogens is 332 g/mol. The SMILES string of the molecule is CCCNC(C)c1cc(Br)ccc1N1CCSCC1C. The highest BCUT2D eigenvalue weighted by Crippen LogP contribution is 2.33. The molecule has 1 fully saturated rings. The molecule has 0 aliphatic carbocycles. The Morgan fingerprint density at radius 2 is 2.30 bits per heavy atom. The molecule has 1 aliphatic heterocycles. The molecule has 1 aliphatic rings. The number of halogens is 1. The molecule has 2 nitrogen and oxygen atoms in total. The zero-order valence-corrected chi connectivity index (χ0v) is 15.1. The minimum absolute atomic E-state index is 0.393. The van der Waals surface area contributed by atoms with Crippen molar-refractivity contribution < 1.29 is 0 Å². The Hall–Kier alpha value is -0.190. The maximum atomic E-state index is 3.62. The van der Waals surface area contributed by atoms with Crippen LogP contribution in [-0.2, 0) is 0 Å². The Labute approximate surface area is 135 Å². The molecule has 0 saturated carbocycles. The molecule has 0 radical (unpaired) electrons. The van der Waals surface area contributed by atoms with E-state index in [0.29, 0.717) is 12.1 Å². The Morgan fingerprint density at radius 3 is 3.00 bits per heavy atom. The normalized spacial score (nSPS) is 21.0. The molecule has 2 rings (SSSR count). The lowest BCUT2D eigenvalue weighted by atomic mass is 10.0. The first-order valence-corrected chi connectivity index (χ1v) is 9.45. The van der Waals surface area contributed by atoms with Gasteiger partial charge in [-0.1, -0.05) is 22.9 Å². The third-order valence-electron chi connectivity index (χ3n) is 3.83. The van der Waals surface area contributed by atoms with Crippen LogP contribution < -0.4 is 10.2 Å². The van der Waals surface area contributed by atoms with Crippen LogP contribution in [0.3, 0.4) is 0 Å². The van der Waals surface area contributed by atoms with Crippen molar-refractivity contribution in [3.05, 3.63) is 28.2 Å². The van der Waals surface area contributed by atoms with Gasteiger partial charge in [0.05, 0.1) is 0 Å². The van der Waals surface area contributed by atoms with Crippen LogP contribution in [0.5, 0.6) is 0 Å². The van der Waals surface area contributed by atoms with E-state index in [1.165, 1.54) is 33.7 Å². The van der Waals surface area contributed by atoms with Crippen LogP contribution in [0.4, 0.5) is 5.69 Å². The smallest absolute Gasteiger partial charge is 0.0418 e. The molecule has 2 atom stereocenters. The second-order valence-corrected chi connectivity index (χ2v) is 7.56. The molecule has 2 unspecified atom stereocenters. The van der Waals surface area contributed by atoms with Gasteiger partial charge in [-0.05, 0) is 50.6 Å². The number of thioether (sulfide) groups is 1. The van der Waals surface area contributed by atoms with Gasteiger partial charge in [-0.2, -0.15) is 11.8 Å². The molecule has 0 spiro atoms. The van der Waals surface area contributed by atoms with Gasteiger partial charge < -0.3 is 10.2 Å². The van der Waals surface area contributed by atoms with Crippen molar-refractivity contribution in [2.45, 2.75) is 39.3 Å². The predicted molar refractivity (Wildman–Crippen MR) is 95.0 cm³/mol. The number of anilines is 1. The van der Waals surface area contributed by atoms with Crippen molar-refractivity contribution in [3.63, 3.8) is 0 Å². The van der Waals surface area contributed by atoms with Gasteiger partial charge in [-0.3, -0.25) is 0 Å². The van der Waals surface area contributed by atoms with E-state index in [-0.39, 0.29) is 0 Å². The van der Waals surface area contributed by atoms with Gasteiger partial charge in [-0.15, -0.1) is 0 Å². The van der Waals surface area contributed by atoms with E-state index >= 15 is 0 Å². The van der Waals surface area contributed by atoms with Gasteiger partial charge in [0.25, 0.3) is 0 Å². The third-order valence-corrected chi connectivity index (χ3v) is 5.52. The fourth-order valence-corrected chi connectivity index (χ4v) is 4.08. The zero-order valence-electron chi connectivity index (χ0n) is 12.7. The first-order valence-electron chi connectivity index (χ1n) is 7.50. The van der Waals surface area contributed by atoms with Crippen LogP contribution in [-0.4, -0.2) is 30.6 Å². The molecule has 1 aromatic rings. The topological polar surface area (TPSA) is 15.3 Å². The summed E-state index contributed by atoms with van der Waals surface area (Å²) in [6.07, 6.45) is 1.17. The van der Waals surface area contributed by atoms with E-state index in [4.69, 9.17) is 0 Å². The molecule has 1 aromatic carbocycles. The van der Waals surface area contributed by atoms with E-state index in [9.17, 15) is 0 Å². The minimum atomic E-state index is 0.393. The Morgan fingerprint density at radius 1 is 1.50 bits per heavy atom. The lowest BCUT2D eigenvalue weighted by Crippen LogP contribution is -2.41. The maximum Gasteiger partial charge on any atom is 0.0418 e. The van der Waals surface area contributed by atoms with Crippen molar-refractivity contribution in [3.8, 4) is 0 Å². The largest absolute Gasteiger partial charge is 0.367 e. The summed E-state index contributed by atoms with van der Waals surface area (Å²) in [6, 6.07) is 7.73. The first-order chi connectivity index (χ1) is 9.63. The van der Waals surface area contributed by atoms with Gasteiger partial charge in [-0.25, -0.2) is 0 Å². The highest BCUT2D eigenvalue weighted by molar-refractivity contribution is 9.10. The standard InChI is InChI=1S/C16H25BrN2S/c1-4-7-18-13(3)15-10-14(17)5-6-16(15)19-8-9-20-11-12(19)2/h5-6,10,12-13,18H,4,7-9,11H2,1-3H3. The third kappa shape index (κ3) is 3.92. The van der Waals surface area contributed by atoms with E-state index in [2.05, 4.69) is 76.9 Å². The second-order valence-electron chi connectivity index (χ2n) is 5.50. The van der Waals surface area contributed by atoms with E-state index in [1.807, 2.05) is 0 Å². The summed E-state index contributed by atoms with van der Waals surface area (Å²) in [5.41, 5.74) is 2.81. The van der Waals surface area contributed by atoms with E-state index in [0.717, 1.165) is 13.1 Å². The van der Waals surface area contributed by atoms with Crippen LogP contribution in [0.1, 0.15) is 38.8 Å². The summed E-state index contributed by atoms with van der Waals surface area (Å²) in [4.78, 5) is 2.57. The van der Waals surface area contributed by atoms with Gasteiger partial charge in [0.1, 0.15) is 0 Å². The number of hydrogen-bond donors (Lipinski definition) is 1. The van der Waals surface area contributed by atoms with Crippen molar-refractivity contribution in [2.75, 3.05) is 29.5 Å². The van der Waals surface area contributed by atoms with Gasteiger partial charge in [0.2, 0.25) is 0 Å². The molecule has 1 heterocycles. The molecule has 1 N–H and O–H groups in total. The second kappa shape index (κ2) is 7.71. The Kier molecular flexibility index (Phi) is 6.24. The van der Waals surface area contributed by atoms with Gasteiger partial charge in [0, 0.05) is 40.3 Å². The monoisotopic (exact) mass is 356 g/mol. The number of rotatable bonds is 5. The summed E-state index contributed by atoms with van der Waals surface area (Å²) in [5, 5.41) is 3.62. The number of nitrogens with zero attached hydrogens (tertiary/aromatic N) is 1. The lowest BCUT2D eigenvalue weighted by Gasteiger charge is -2.37. The number of benzene rings is 1. The van der Waals surface area contributed by atoms with Gasteiger partial charge >= 0.3 is 0 Å². The first kappa shape index (κ1) is 16.2. The molecule has 4 heteroatoms. The molecule has 20 heavy (non-hydrogen) atoms.